The highest BCUT2D eigenvalue weighted by atomic mass is 32.7. The number of hydrogen-bond acceptors (Lipinski definition) is 3. The van der Waals surface area contributed by atoms with Gasteiger partial charge in [-0.2, -0.15) is 0 Å². The molecule has 1 N–H and O–H groups in total. The lowest BCUT2D eigenvalue weighted by Gasteiger charge is -2.15. The number of H-pyrrole nitrogens is 1. The van der Waals surface area contributed by atoms with E-state index >= 15 is 0 Å². The summed E-state index contributed by atoms with van der Waals surface area (Å²) in [6.07, 6.45) is 4.07. The van der Waals surface area contributed by atoms with Crippen molar-refractivity contribution >= 4 is 29.9 Å². The normalized spacial score (nSPS) is 11.5. The second kappa shape index (κ2) is 7.91. The summed E-state index contributed by atoms with van der Waals surface area (Å²) in [7, 11) is -0.900. The molecule has 0 aliphatic carbocycles. The Labute approximate surface area is 119 Å². The van der Waals surface area contributed by atoms with E-state index < -0.39 is 7.58 Å². The van der Waals surface area contributed by atoms with Gasteiger partial charge in [-0.15, -0.1) is 0 Å². The Morgan fingerprint density at radius 3 is 2.47 bits per heavy atom. The number of nitrogens with one attached hydrogen (secondary N) is 1. The molecule has 0 unspecified atom stereocenters. The van der Waals surface area contributed by atoms with Crippen molar-refractivity contribution in [1.29, 1.82) is 0 Å². The Morgan fingerprint density at radius 1 is 1.11 bits per heavy atom. The van der Waals surface area contributed by atoms with Crippen LogP contribution in [0.3, 0.4) is 0 Å². The smallest absolute Gasteiger partial charge is 0.243 e. The van der Waals surface area contributed by atoms with Gasteiger partial charge in [0.1, 0.15) is 0 Å². The van der Waals surface area contributed by atoms with Crippen LogP contribution in [0.25, 0.3) is 10.9 Å². The molecule has 0 saturated heterocycles. The van der Waals surface area contributed by atoms with Crippen LogP contribution in [0.1, 0.15) is 26.7 Å². The fourth-order valence-electron chi connectivity index (χ4n) is 1.62. The lowest BCUT2D eigenvalue weighted by Crippen LogP contribution is -1.91. The van der Waals surface area contributed by atoms with Crippen LogP contribution < -0.4 is 0 Å². The van der Waals surface area contributed by atoms with E-state index in [1.54, 1.807) is 11.4 Å². The number of aromatic nitrogens is 1. The van der Waals surface area contributed by atoms with Gasteiger partial charge in [-0.1, -0.05) is 32.0 Å². The largest absolute Gasteiger partial charge is 0.360 e. The van der Waals surface area contributed by atoms with Gasteiger partial charge in [-0.3, -0.25) is 0 Å². The van der Waals surface area contributed by atoms with E-state index in [2.05, 4.69) is 37.0 Å². The van der Waals surface area contributed by atoms with Crippen molar-refractivity contribution in [2.24, 2.45) is 0 Å². The Balaban J connectivity index is 2.06. The summed E-state index contributed by atoms with van der Waals surface area (Å²) in [5, 5.41) is 1.24. The van der Waals surface area contributed by atoms with Crippen LogP contribution >= 0.6 is 19.0 Å². The highest BCUT2D eigenvalue weighted by molar-refractivity contribution is 8.52. The number of aromatic amines is 1. The molecule has 0 aliphatic heterocycles. The van der Waals surface area contributed by atoms with E-state index in [9.17, 15) is 0 Å². The Morgan fingerprint density at radius 2 is 1.79 bits per heavy atom. The SMILES string of the molecule is CCCOP(OCCC)Sc1c[nH]c2ccccc12. The van der Waals surface area contributed by atoms with Crippen molar-refractivity contribution in [1.82, 2.24) is 4.98 Å². The Bertz CT molecular complexity index is 495. The molecule has 0 atom stereocenters. The third kappa shape index (κ3) is 4.22. The van der Waals surface area contributed by atoms with Gasteiger partial charge in [0.2, 0.25) is 7.58 Å². The second-order valence-corrected chi connectivity index (χ2v) is 7.21. The zero-order chi connectivity index (χ0) is 13.5. The number of benzene rings is 1. The van der Waals surface area contributed by atoms with Crippen LogP contribution in [0.4, 0.5) is 0 Å². The summed E-state index contributed by atoms with van der Waals surface area (Å²) in [4.78, 5) is 4.49. The summed E-state index contributed by atoms with van der Waals surface area (Å²) in [6, 6.07) is 8.31. The van der Waals surface area contributed by atoms with Gasteiger partial charge in [-0.05, 0) is 30.3 Å². The lowest BCUT2D eigenvalue weighted by molar-refractivity contribution is 0.262. The van der Waals surface area contributed by atoms with Gasteiger partial charge >= 0.3 is 0 Å². The van der Waals surface area contributed by atoms with E-state index in [0.717, 1.165) is 31.6 Å². The third-order valence-corrected chi connectivity index (χ3v) is 5.67. The molecule has 2 rings (SSSR count). The molecular weight excluding hydrogens is 277 g/mol. The van der Waals surface area contributed by atoms with Crippen molar-refractivity contribution in [2.75, 3.05) is 13.2 Å². The first-order chi connectivity index (χ1) is 9.35. The fraction of sp³-hybridized carbons (Fsp3) is 0.429. The molecule has 1 aromatic heterocycles. The van der Waals surface area contributed by atoms with E-state index in [1.165, 1.54) is 10.3 Å². The second-order valence-electron chi connectivity index (χ2n) is 4.18. The first-order valence-electron chi connectivity index (χ1n) is 6.65. The lowest BCUT2D eigenvalue weighted by atomic mass is 10.2. The highest BCUT2D eigenvalue weighted by Gasteiger charge is 2.15. The molecular formula is C14H20NO2PS. The maximum atomic E-state index is 5.81. The molecule has 0 saturated carbocycles. The van der Waals surface area contributed by atoms with Crippen molar-refractivity contribution < 1.29 is 9.05 Å². The van der Waals surface area contributed by atoms with Gasteiger partial charge in [-0.25, -0.2) is 0 Å². The number of rotatable bonds is 8. The van der Waals surface area contributed by atoms with Crippen LogP contribution in [0.5, 0.6) is 0 Å². The molecule has 0 fully saturated rings. The summed E-state index contributed by atoms with van der Waals surface area (Å²) in [6.45, 7) is 5.74. The first kappa shape index (κ1) is 14.9. The van der Waals surface area contributed by atoms with E-state index in [4.69, 9.17) is 9.05 Å². The summed E-state index contributed by atoms with van der Waals surface area (Å²) < 4.78 is 11.6. The molecule has 5 heteroatoms. The average Bonchev–Trinajstić information content (AvgIpc) is 2.85. The van der Waals surface area contributed by atoms with Crippen molar-refractivity contribution in [3.05, 3.63) is 30.5 Å². The van der Waals surface area contributed by atoms with E-state index in [1.807, 2.05) is 12.3 Å². The number of para-hydroxylation sites is 1. The molecule has 3 nitrogen and oxygen atoms in total. The summed E-state index contributed by atoms with van der Waals surface area (Å²) in [5.41, 5.74) is 1.16. The van der Waals surface area contributed by atoms with Crippen LogP contribution in [-0.2, 0) is 9.05 Å². The van der Waals surface area contributed by atoms with E-state index in [0.29, 0.717) is 0 Å². The summed E-state index contributed by atoms with van der Waals surface area (Å²) >= 11 is 1.69. The van der Waals surface area contributed by atoms with Crippen molar-refractivity contribution in [3.8, 4) is 0 Å². The van der Waals surface area contributed by atoms with Gasteiger partial charge < -0.3 is 14.0 Å². The molecule has 0 spiro atoms. The number of fused-ring (bicyclic) bond motifs is 1. The maximum Gasteiger partial charge on any atom is 0.243 e. The minimum Gasteiger partial charge on any atom is -0.360 e. The molecule has 0 aliphatic rings. The number of hydrogen-bond donors (Lipinski definition) is 1. The standard InChI is InChI=1S/C14H20NO2PS/c1-3-9-16-18(17-10-4-2)19-14-11-15-13-8-6-5-7-12(13)14/h5-8,11,15H,3-4,9-10H2,1-2H3. The van der Waals surface area contributed by atoms with Crippen LogP contribution in [0.2, 0.25) is 0 Å². The molecule has 2 aromatic rings. The molecule has 1 heterocycles. The zero-order valence-electron chi connectivity index (χ0n) is 11.4. The predicted molar refractivity (Wildman–Crippen MR) is 83.6 cm³/mol. The molecule has 19 heavy (non-hydrogen) atoms. The van der Waals surface area contributed by atoms with Gasteiger partial charge in [0, 0.05) is 22.0 Å². The third-order valence-electron chi connectivity index (χ3n) is 2.53. The summed E-state index contributed by atoms with van der Waals surface area (Å²) in [5.74, 6) is 0. The maximum absolute atomic E-state index is 5.81. The Kier molecular flexibility index (Phi) is 6.18. The van der Waals surface area contributed by atoms with Crippen molar-refractivity contribution in [2.45, 2.75) is 31.6 Å². The van der Waals surface area contributed by atoms with Crippen molar-refractivity contribution in [3.63, 3.8) is 0 Å². The zero-order valence-corrected chi connectivity index (χ0v) is 13.1. The van der Waals surface area contributed by atoms with E-state index in [-0.39, 0.29) is 0 Å². The molecule has 0 amide bonds. The quantitative estimate of drug-likeness (QED) is 0.668. The molecule has 0 bridgehead atoms. The monoisotopic (exact) mass is 297 g/mol. The Hall–Kier alpha value is -0.540. The van der Waals surface area contributed by atoms with Gasteiger partial charge in [0.15, 0.2) is 0 Å². The van der Waals surface area contributed by atoms with Crippen LogP contribution in [0, 0.1) is 0 Å². The predicted octanol–water partition coefficient (Wildman–Crippen LogP) is 5.34. The first-order valence-corrected chi connectivity index (χ1v) is 9.25. The van der Waals surface area contributed by atoms with Gasteiger partial charge in [0.25, 0.3) is 0 Å². The minimum atomic E-state index is -0.900. The van der Waals surface area contributed by atoms with Gasteiger partial charge in [0.05, 0.1) is 13.2 Å². The minimum absolute atomic E-state index is 0.755. The highest BCUT2D eigenvalue weighted by Crippen LogP contribution is 2.57. The molecule has 0 radical (unpaired) electrons. The van der Waals surface area contributed by atoms with Crippen LogP contribution in [-0.4, -0.2) is 18.2 Å². The average molecular weight is 297 g/mol. The molecule has 1 aromatic carbocycles. The topological polar surface area (TPSA) is 34.2 Å². The van der Waals surface area contributed by atoms with Crippen LogP contribution in [0.15, 0.2) is 35.4 Å². The molecule has 104 valence electrons. The fourth-order valence-corrected chi connectivity index (χ4v) is 4.71.